The van der Waals surface area contributed by atoms with Gasteiger partial charge < -0.3 is 15.0 Å². The van der Waals surface area contributed by atoms with Crippen molar-refractivity contribution >= 4 is 17.7 Å². The van der Waals surface area contributed by atoms with Crippen molar-refractivity contribution in [1.29, 1.82) is 0 Å². The average molecular weight is 320 g/mol. The molecule has 0 saturated carbocycles. The smallest absolute Gasteiger partial charge is 0.227 e. The van der Waals surface area contributed by atoms with Gasteiger partial charge in [0.15, 0.2) is 17.1 Å². The van der Waals surface area contributed by atoms with E-state index in [1.54, 1.807) is 0 Å². The second-order valence-corrected chi connectivity index (χ2v) is 5.85. The van der Waals surface area contributed by atoms with E-state index in [0.717, 1.165) is 12.2 Å². The van der Waals surface area contributed by atoms with Gasteiger partial charge in [0.05, 0.1) is 5.75 Å². The first-order valence-electron chi connectivity index (χ1n) is 7.07. The van der Waals surface area contributed by atoms with E-state index in [0.29, 0.717) is 11.0 Å². The van der Waals surface area contributed by atoms with Crippen molar-refractivity contribution in [3.8, 4) is 5.75 Å². The van der Waals surface area contributed by atoms with Crippen LogP contribution in [0.15, 0.2) is 29.4 Å². The van der Waals surface area contributed by atoms with Crippen LogP contribution < -0.4 is 10.5 Å². The number of hydrogen-bond donors (Lipinski definition) is 1. The van der Waals surface area contributed by atoms with Gasteiger partial charge in [-0.1, -0.05) is 30.8 Å². The SMILES string of the molecule is CCc1ccc(OC(C)c2nnc(SCC(N)=O)n2C)cc1. The topological polar surface area (TPSA) is 83.0 Å². The number of aromatic nitrogens is 3. The lowest BCUT2D eigenvalue weighted by Crippen LogP contribution is -2.14. The number of carbonyl (C=O) groups is 1. The summed E-state index contributed by atoms with van der Waals surface area (Å²) in [5, 5.41) is 8.85. The molecule has 0 aliphatic heterocycles. The minimum atomic E-state index is -0.380. The molecule has 2 rings (SSSR count). The number of rotatable bonds is 7. The molecule has 7 heteroatoms. The zero-order valence-corrected chi connectivity index (χ0v) is 13.8. The Bertz CT molecular complexity index is 639. The first kappa shape index (κ1) is 16.4. The van der Waals surface area contributed by atoms with Crippen molar-refractivity contribution in [2.45, 2.75) is 31.5 Å². The molecule has 1 heterocycles. The lowest BCUT2D eigenvalue weighted by molar-refractivity contribution is -0.115. The zero-order valence-electron chi connectivity index (χ0n) is 12.9. The summed E-state index contributed by atoms with van der Waals surface area (Å²) in [6.07, 6.45) is 0.757. The highest BCUT2D eigenvalue weighted by Gasteiger charge is 2.17. The van der Waals surface area contributed by atoms with E-state index in [2.05, 4.69) is 17.1 Å². The summed E-state index contributed by atoms with van der Waals surface area (Å²) in [5.41, 5.74) is 6.41. The summed E-state index contributed by atoms with van der Waals surface area (Å²) in [7, 11) is 1.85. The van der Waals surface area contributed by atoms with E-state index in [1.807, 2.05) is 42.8 Å². The maximum atomic E-state index is 10.8. The lowest BCUT2D eigenvalue weighted by Gasteiger charge is -2.14. The second-order valence-electron chi connectivity index (χ2n) is 4.91. The van der Waals surface area contributed by atoms with Crippen LogP contribution in [0.5, 0.6) is 5.75 Å². The predicted octanol–water partition coefficient (Wildman–Crippen LogP) is 2.09. The van der Waals surface area contributed by atoms with E-state index < -0.39 is 0 Å². The number of nitrogens with two attached hydrogens (primary N) is 1. The van der Waals surface area contributed by atoms with Gasteiger partial charge in [0.2, 0.25) is 5.91 Å². The molecular formula is C15H20N4O2S. The van der Waals surface area contributed by atoms with Crippen molar-refractivity contribution in [2.75, 3.05) is 5.75 Å². The van der Waals surface area contributed by atoms with Crippen LogP contribution in [-0.4, -0.2) is 26.4 Å². The number of nitrogens with zero attached hydrogens (tertiary/aromatic N) is 3. The number of hydrogen-bond acceptors (Lipinski definition) is 5. The molecule has 2 aromatic rings. The summed E-state index contributed by atoms with van der Waals surface area (Å²) >= 11 is 1.26. The first-order valence-corrected chi connectivity index (χ1v) is 8.05. The largest absolute Gasteiger partial charge is 0.483 e. The van der Waals surface area contributed by atoms with Gasteiger partial charge in [-0.15, -0.1) is 10.2 Å². The van der Waals surface area contributed by atoms with Crippen LogP contribution in [0.25, 0.3) is 0 Å². The van der Waals surface area contributed by atoms with Crippen LogP contribution in [0.3, 0.4) is 0 Å². The lowest BCUT2D eigenvalue weighted by atomic mass is 10.2. The number of amides is 1. The standard InChI is InChI=1S/C15H20N4O2S/c1-4-11-5-7-12(8-6-11)21-10(2)14-17-18-15(19(14)3)22-9-13(16)20/h5-8,10H,4,9H2,1-3H3,(H2,16,20). The van der Waals surface area contributed by atoms with Crippen LogP contribution >= 0.6 is 11.8 Å². The Hall–Kier alpha value is -2.02. The molecule has 1 unspecified atom stereocenters. The Balaban J connectivity index is 2.05. The van der Waals surface area contributed by atoms with Crippen molar-refractivity contribution in [3.63, 3.8) is 0 Å². The molecule has 0 aliphatic rings. The van der Waals surface area contributed by atoms with E-state index in [9.17, 15) is 4.79 Å². The van der Waals surface area contributed by atoms with Crippen LogP contribution in [0.2, 0.25) is 0 Å². The maximum absolute atomic E-state index is 10.8. The van der Waals surface area contributed by atoms with Gasteiger partial charge in [-0.3, -0.25) is 4.79 Å². The first-order chi connectivity index (χ1) is 10.5. The van der Waals surface area contributed by atoms with Crippen molar-refractivity contribution in [3.05, 3.63) is 35.7 Å². The summed E-state index contributed by atoms with van der Waals surface area (Å²) in [6, 6.07) is 8.00. The quantitative estimate of drug-likeness (QED) is 0.790. The molecule has 0 spiro atoms. The summed E-state index contributed by atoms with van der Waals surface area (Å²) in [6.45, 7) is 4.03. The Morgan fingerprint density at radius 3 is 2.64 bits per heavy atom. The van der Waals surface area contributed by atoms with Crippen LogP contribution in [0.1, 0.15) is 31.3 Å². The number of ether oxygens (including phenoxy) is 1. The van der Waals surface area contributed by atoms with Gasteiger partial charge in [0.1, 0.15) is 5.75 Å². The molecule has 0 radical (unpaired) electrons. The van der Waals surface area contributed by atoms with Crippen LogP contribution in [-0.2, 0) is 18.3 Å². The molecule has 6 nitrogen and oxygen atoms in total. The molecule has 1 aromatic heterocycles. The molecule has 0 saturated heterocycles. The highest BCUT2D eigenvalue weighted by atomic mass is 32.2. The average Bonchev–Trinajstić information content (AvgIpc) is 2.87. The number of thioether (sulfide) groups is 1. The Morgan fingerprint density at radius 1 is 1.36 bits per heavy atom. The Kier molecular flexibility index (Phi) is 5.43. The Labute approximate surface area is 134 Å². The van der Waals surface area contributed by atoms with Crippen LogP contribution in [0, 0.1) is 0 Å². The fraction of sp³-hybridized carbons (Fsp3) is 0.400. The molecule has 0 fully saturated rings. The summed E-state index contributed by atoms with van der Waals surface area (Å²) in [4.78, 5) is 10.8. The molecule has 0 aliphatic carbocycles. The fourth-order valence-corrected chi connectivity index (χ4v) is 2.66. The zero-order chi connectivity index (χ0) is 16.1. The number of aryl methyl sites for hydroxylation is 1. The highest BCUT2D eigenvalue weighted by Crippen LogP contribution is 2.23. The van der Waals surface area contributed by atoms with Crippen molar-refractivity contribution < 1.29 is 9.53 Å². The molecule has 118 valence electrons. The van der Waals surface area contributed by atoms with Gasteiger partial charge in [-0.25, -0.2) is 0 Å². The molecule has 1 aromatic carbocycles. The number of carbonyl (C=O) groups excluding carboxylic acids is 1. The van der Waals surface area contributed by atoms with Gasteiger partial charge in [0.25, 0.3) is 0 Å². The molecule has 1 atom stereocenters. The number of benzene rings is 1. The van der Waals surface area contributed by atoms with Gasteiger partial charge in [-0.2, -0.15) is 0 Å². The monoisotopic (exact) mass is 320 g/mol. The molecule has 22 heavy (non-hydrogen) atoms. The fourth-order valence-electron chi connectivity index (χ4n) is 2.00. The van der Waals surface area contributed by atoms with E-state index in [4.69, 9.17) is 10.5 Å². The third kappa shape index (κ3) is 4.00. The second kappa shape index (κ2) is 7.31. The molecule has 0 bridgehead atoms. The van der Waals surface area contributed by atoms with Crippen molar-refractivity contribution in [2.24, 2.45) is 12.8 Å². The molecule has 2 N–H and O–H groups in total. The van der Waals surface area contributed by atoms with Gasteiger partial charge in [0, 0.05) is 7.05 Å². The summed E-state index contributed by atoms with van der Waals surface area (Å²) in [5.74, 6) is 1.29. The summed E-state index contributed by atoms with van der Waals surface area (Å²) < 4.78 is 7.71. The predicted molar refractivity (Wildman–Crippen MR) is 85.8 cm³/mol. The van der Waals surface area contributed by atoms with E-state index in [-0.39, 0.29) is 17.8 Å². The minimum Gasteiger partial charge on any atom is -0.483 e. The van der Waals surface area contributed by atoms with Crippen molar-refractivity contribution in [1.82, 2.24) is 14.8 Å². The third-order valence-corrected chi connectivity index (χ3v) is 4.26. The maximum Gasteiger partial charge on any atom is 0.227 e. The van der Waals surface area contributed by atoms with Crippen LogP contribution in [0.4, 0.5) is 0 Å². The van der Waals surface area contributed by atoms with E-state index >= 15 is 0 Å². The normalized spacial score (nSPS) is 12.1. The molecule has 1 amide bonds. The van der Waals surface area contributed by atoms with Gasteiger partial charge in [-0.05, 0) is 31.0 Å². The van der Waals surface area contributed by atoms with Gasteiger partial charge >= 0.3 is 0 Å². The Morgan fingerprint density at radius 2 is 2.05 bits per heavy atom. The minimum absolute atomic E-state index is 0.180. The molecular weight excluding hydrogens is 300 g/mol. The highest BCUT2D eigenvalue weighted by molar-refractivity contribution is 7.99. The number of primary amides is 1. The van der Waals surface area contributed by atoms with E-state index in [1.165, 1.54) is 17.3 Å². The third-order valence-electron chi connectivity index (χ3n) is 3.22.